The number of amides is 2. The zero-order valence-electron chi connectivity index (χ0n) is 13.1. The van der Waals surface area contributed by atoms with E-state index in [1.807, 2.05) is 4.90 Å². The van der Waals surface area contributed by atoms with Crippen LogP contribution >= 0.6 is 23.2 Å². The SMILES string of the molecule is CC1CCN(C(=O)C2(C(=O)Nc3ccc(Cl)c(Cl)c3)CC2)CC1. The van der Waals surface area contributed by atoms with E-state index in [-0.39, 0.29) is 11.8 Å². The first-order valence-electron chi connectivity index (χ1n) is 7.98. The Labute approximate surface area is 146 Å². The van der Waals surface area contributed by atoms with Crippen molar-refractivity contribution in [3.63, 3.8) is 0 Å². The molecule has 1 saturated carbocycles. The summed E-state index contributed by atoms with van der Waals surface area (Å²) >= 11 is 11.8. The number of hydrogen-bond donors (Lipinski definition) is 1. The summed E-state index contributed by atoms with van der Waals surface area (Å²) in [4.78, 5) is 27.2. The first-order chi connectivity index (χ1) is 10.9. The molecule has 0 unspecified atom stereocenters. The van der Waals surface area contributed by atoms with E-state index in [0.717, 1.165) is 25.9 Å². The Hall–Kier alpha value is -1.26. The van der Waals surface area contributed by atoms with Crippen LogP contribution in [0.25, 0.3) is 0 Å². The maximum Gasteiger partial charge on any atom is 0.240 e. The average Bonchev–Trinajstić information content (AvgIpc) is 3.33. The van der Waals surface area contributed by atoms with Crippen LogP contribution in [0.4, 0.5) is 5.69 Å². The number of likely N-dealkylation sites (tertiary alicyclic amines) is 1. The van der Waals surface area contributed by atoms with Gasteiger partial charge in [0.1, 0.15) is 5.41 Å². The number of hydrogen-bond acceptors (Lipinski definition) is 2. The molecule has 1 N–H and O–H groups in total. The van der Waals surface area contributed by atoms with Crippen LogP contribution in [-0.4, -0.2) is 29.8 Å². The molecule has 2 aliphatic rings. The Morgan fingerprint density at radius 2 is 1.83 bits per heavy atom. The third kappa shape index (κ3) is 3.33. The van der Waals surface area contributed by atoms with Crippen LogP contribution in [-0.2, 0) is 9.59 Å². The Kier molecular flexibility index (Phi) is 4.56. The lowest BCUT2D eigenvalue weighted by Crippen LogP contribution is -2.46. The molecule has 0 atom stereocenters. The van der Waals surface area contributed by atoms with E-state index in [9.17, 15) is 9.59 Å². The lowest BCUT2D eigenvalue weighted by molar-refractivity contribution is -0.143. The molecule has 1 aromatic rings. The summed E-state index contributed by atoms with van der Waals surface area (Å²) in [6.45, 7) is 3.70. The summed E-state index contributed by atoms with van der Waals surface area (Å²) in [5, 5.41) is 3.63. The summed E-state index contributed by atoms with van der Waals surface area (Å²) < 4.78 is 0. The molecule has 0 radical (unpaired) electrons. The van der Waals surface area contributed by atoms with Gasteiger partial charge in [-0.15, -0.1) is 0 Å². The molecule has 0 bridgehead atoms. The van der Waals surface area contributed by atoms with Gasteiger partial charge in [0, 0.05) is 18.8 Å². The topological polar surface area (TPSA) is 49.4 Å². The Balaban J connectivity index is 1.68. The van der Waals surface area contributed by atoms with Crippen LogP contribution in [0.2, 0.25) is 10.0 Å². The first-order valence-corrected chi connectivity index (χ1v) is 8.74. The van der Waals surface area contributed by atoms with Crippen LogP contribution in [0, 0.1) is 11.3 Å². The van der Waals surface area contributed by atoms with E-state index >= 15 is 0 Å². The summed E-state index contributed by atoms with van der Waals surface area (Å²) in [5.41, 5.74) is -0.317. The number of piperidine rings is 1. The zero-order chi connectivity index (χ0) is 16.6. The lowest BCUT2D eigenvalue weighted by Gasteiger charge is -2.32. The summed E-state index contributed by atoms with van der Waals surface area (Å²) in [5.74, 6) is 0.390. The molecule has 0 spiro atoms. The second kappa shape index (κ2) is 6.33. The fourth-order valence-electron chi connectivity index (χ4n) is 3.00. The number of nitrogens with zero attached hydrogens (tertiary/aromatic N) is 1. The van der Waals surface area contributed by atoms with E-state index in [1.165, 1.54) is 0 Å². The summed E-state index contributed by atoms with van der Waals surface area (Å²) in [7, 11) is 0. The number of anilines is 1. The fraction of sp³-hybridized carbons (Fsp3) is 0.529. The van der Waals surface area contributed by atoms with Gasteiger partial charge in [-0.25, -0.2) is 0 Å². The highest BCUT2D eigenvalue weighted by atomic mass is 35.5. The highest BCUT2D eigenvalue weighted by Gasteiger charge is 2.58. The van der Waals surface area contributed by atoms with Crippen molar-refractivity contribution in [2.75, 3.05) is 18.4 Å². The lowest BCUT2D eigenvalue weighted by atomic mass is 9.96. The van der Waals surface area contributed by atoms with Crippen LogP contribution in [0.3, 0.4) is 0 Å². The molecule has 1 saturated heterocycles. The van der Waals surface area contributed by atoms with Gasteiger partial charge in [0.05, 0.1) is 10.0 Å². The second-order valence-electron chi connectivity index (χ2n) is 6.64. The van der Waals surface area contributed by atoms with Crippen molar-refractivity contribution in [1.82, 2.24) is 4.90 Å². The largest absolute Gasteiger partial charge is 0.342 e. The molecule has 124 valence electrons. The number of benzene rings is 1. The average molecular weight is 355 g/mol. The quantitative estimate of drug-likeness (QED) is 0.834. The molecule has 23 heavy (non-hydrogen) atoms. The maximum absolute atomic E-state index is 12.8. The fourth-order valence-corrected chi connectivity index (χ4v) is 3.30. The van der Waals surface area contributed by atoms with Crippen LogP contribution < -0.4 is 5.32 Å². The van der Waals surface area contributed by atoms with Crippen molar-refractivity contribution >= 4 is 40.7 Å². The molecule has 4 nitrogen and oxygen atoms in total. The van der Waals surface area contributed by atoms with Gasteiger partial charge in [-0.05, 0) is 49.8 Å². The van der Waals surface area contributed by atoms with Crippen molar-refractivity contribution in [2.45, 2.75) is 32.6 Å². The summed E-state index contributed by atoms with van der Waals surface area (Å²) in [6.07, 6.45) is 3.25. The third-order valence-corrected chi connectivity index (χ3v) is 5.58. The van der Waals surface area contributed by atoms with Gasteiger partial charge in [0.25, 0.3) is 0 Å². The smallest absolute Gasteiger partial charge is 0.240 e. The number of rotatable bonds is 3. The Bertz CT molecular complexity index is 635. The number of nitrogens with one attached hydrogen (secondary N) is 1. The molecule has 1 heterocycles. The van der Waals surface area contributed by atoms with Crippen molar-refractivity contribution in [2.24, 2.45) is 11.3 Å². The van der Waals surface area contributed by atoms with E-state index < -0.39 is 5.41 Å². The predicted octanol–water partition coefficient (Wildman–Crippen LogP) is 3.97. The van der Waals surface area contributed by atoms with Crippen molar-refractivity contribution in [3.05, 3.63) is 28.2 Å². The highest BCUT2D eigenvalue weighted by Crippen LogP contribution is 2.48. The minimum atomic E-state index is -0.882. The van der Waals surface area contributed by atoms with E-state index in [1.54, 1.807) is 18.2 Å². The molecule has 0 aromatic heterocycles. The van der Waals surface area contributed by atoms with Gasteiger partial charge in [-0.3, -0.25) is 9.59 Å². The number of halogens is 2. The van der Waals surface area contributed by atoms with Gasteiger partial charge < -0.3 is 10.2 Å². The third-order valence-electron chi connectivity index (χ3n) is 4.84. The predicted molar refractivity (Wildman–Crippen MR) is 91.7 cm³/mol. The van der Waals surface area contributed by atoms with Crippen LogP contribution in [0.15, 0.2) is 18.2 Å². The molecule has 2 amide bonds. The van der Waals surface area contributed by atoms with Gasteiger partial charge >= 0.3 is 0 Å². The van der Waals surface area contributed by atoms with E-state index in [2.05, 4.69) is 12.2 Å². The van der Waals surface area contributed by atoms with E-state index in [4.69, 9.17) is 23.2 Å². The van der Waals surface area contributed by atoms with Crippen molar-refractivity contribution in [1.29, 1.82) is 0 Å². The molecule has 1 aliphatic heterocycles. The number of carbonyl (C=O) groups excluding carboxylic acids is 2. The van der Waals surface area contributed by atoms with Gasteiger partial charge in [-0.1, -0.05) is 30.1 Å². The Morgan fingerprint density at radius 3 is 2.39 bits per heavy atom. The minimum absolute atomic E-state index is 0.0260. The standard InChI is InChI=1S/C17H20Cl2N2O2/c1-11-4-8-21(9-5-11)16(23)17(6-7-17)15(22)20-12-2-3-13(18)14(19)10-12/h2-3,10-11H,4-9H2,1H3,(H,20,22). The zero-order valence-corrected chi connectivity index (χ0v) is 14.6. The van der Waals surface area contributed by atoms with Crippen molar-refractivity contribution in [3.8, 4) is 0 Å². The van der Waals surface area contributed by atoms with E-state index in [0.29, 0.717) is 34.5 Å². The Morgan fingerprint density at radius 1 is 1.17 bits per heavy atom. The summed E-state index contributed by atoms with van der Waals surface area (Å²) in [6, 6.07) is 4.92. The monoisotopic (exact) mass is 354 g/mol. The molecule has 1 aromatic carbocycles. The first kappa shape index (κ1) is 16.6. The number of carbonyl (C=O) groups is 2. The van der Waals surface area contributed by atoms with Gasteiger partial charge in [0.2, 0.25) is 11.8 Å². The van der Waals surface area contributed by atoms with Crippen LogP contribution in [0.1, 0.15) is 32.6 Å². The molecule has 3 rings (SSSR count). The molecular formula is C17H20Cl2N2O2. The maximum atomic E-state index is 12.8. The minimum Gasteiger partial charge on any atom is -0.342 e. The van der Waals surface area contributed by atoms with Crippen LogP contribution in [0.5, 0.6) is 0 Å². The normalized spacial score (nSPS) is 20.2. The molecule has 2 fully saturated rings. The second-order valence-corrected chi connectivity index (χ2v) is 7.45. The van der Waals surface area contributed by atoms with Crippen molar-refractivity contribution < 1.29 is 9.59 Å². The molecule has 6 heteroatoms. The highest BCUT2D eigenvalue weighted by molar-refractivity contribution is 6.42. The molecular weight excluding hydrogens is 335 g/mol. The molecule has 1 aliphatic carbocycles. The van der Waals surface area contributed by atoms with Gasteiger partial charge in [0.15, 0.2) is 0 Å². The van der Waals surface area contributed by atoms with Gasteiger partial charge in [-0.2, -0.15) is 0 Å².